The van der Waals surface area contributed by atoms with Crippen LogP contribution in [0.5, 0.6) is 0 Å². The predicted octanol–water partition coefficient (Wildman–Crippen LogP) is 2.36. The van der Waals surface area contributed by atoms with Crippen LogP contribution in [0.2, 0.25) is 0 Å². The number of carbonyl (C=O) groups excluding carboxylic acids is 1. The summed E-state index contributed by atoms with van der Waals surface area (Å²) >= 11 is 0. The van der Waals surface area contributed by atoms with Gasteiger partial charge in [0, 0.05) is 35.0 Å². The van der Waals surface area contributed by atoms with Crippen LogP contribution < -0.4 is 0 Å². The first-order chi connectivity index (χ1) is 16.7. The smallest absolute Gasteiger partial charge is 0.179 e. The molecule has 7 aliphatic carbocycles. The van der Waals surface area contributed by atoms with E-state index < -0.39 is 11.2 Å². The number of ketones is 1. The minimum absolute atomic E-state index is 0.0164. The highest BCUT2D eigenvalue weighted by atomic mass is 16.7. The lowest BCUT2D eigenvalue weighted by Crippen LogP contribution is -2.81. The van der Waals surface area contributed by atoms with E-state index >= 15 is 0 Å². The van der Waals surface area contributed by atoms with Gasteiger partial charge in [0.1, 0.15) is 11.4 Å². The number of epoxide rings is 1. The molecule has 34 heavy (non-hydrogen) atoms. The minimum atomic E-state index is -0.603. The summed E-state index contributed by atoms with van der Waals surface area (Å²) in [6.07, 6.45) is 2.07. The molecular formula is C28H28O6. The Balaban J connectivity index is 1.23. The zero-order valence-corrected chi connectivity index (χ0v) is 18.9. The lowest BCUT2D eigenvalue weighted by atomic mass is 9.28. The number of hydrogen-bond donors (Lipinski definition) is 0. The maximum absolute atomic E-state index is 14.8. The van der Waals surface area contributed by atoms with Gasteiger partial charge >= 0.3 is 0 Å². The van der Waals surface area contributed by atoms with Crippen molar-refractivity contribution < 1.29 is 28.5 Å². The van der Waals surface area contributed by atoms with Crippen molar-refractivity contribution in [2.24, 2.45) is 64.1 Å². The fourth-order valence-corrected chi connectivity index (χ4v) is 13.5. The molecule has 0 aromatic heterocycles. The van der Waals surface area contributed by atoms with Crippen molar-refractivity contribution in [1.82, 2.24) is 0 Å². The van der Waals surface area contributed by atoms with E-state index in [2.05, 4.69) is 30.3 Å². The summed E-state index contributed by atoms with van der Waals surface area (Å²) in [5.74, 6) is 2.95. The van der Waals surface area contributed by atoms with Gasteiger partial charge in [-0.3, -0.25) is 4.79 Å². The fourth-order valence-electron chi connectivity index (χ4n) is 13.5. The fraction of sp³-hybridized carbons (Fsp3) is 0.750. The second-order valence-corrected chi connectivity index (χ2v) is 12.9. The van der Waals surface area contributed by atoms with Gasteiger partial charge in [-0.2, -0.15) is 0 Å². The highest BCUT2D eigenvalue weighted by molar-refractivity contribution is 5.97. The molecule has 3 heterocycles. The largest absolute Gasteiger partial charge is 0.360 e. The van der Waals surface area contributed by atoms with Crippen LogP contribution in [0.25, 0.3) is 0 Å². The van der Waals surface area contributed by atoms with E-state index in [9.17, 15) is 4.79 Å². The van der Waals surface area contributed by atoms with Crippen molar-refractivity contribution in [3.8, 4) is 0 Å². The van der Waals surface area contributed by atoms with E-state index in [-0.39, 0.29) is 47.1 Å². The topological polar surface area (TPSA) is 66.5 Å². The Bertz CT molecular complexity index is 1190. The van der Waals surface area contributed by atoms with Crippen molar-refractivity contribution in [3.05, 3.63) is 35.9 Å². The molecule has 0 N–H and O–H groups in total. The monoisotopic (exact) mass is 460 g/mol. The third-order valence-electron chi connectivity index (χ3n) is 13.2. The van der Waals surface area contributed by atoms with Gasteiger partial charge in [0.2, 0.25) is 0 Å². The SMILES string of the molecule is O=C1C2C3CC4C2C2(OCCO2)C25C4C3C12[C@H](C1OCCO1)[C@H]1C[C@@H]5[C@@H]2O[C@]12c1ccccc1. The molecule has 0 amide bonds. The lowest BCUT2D eigenvalue weighted by molar-refractivity contribution is -0.390. The molecule has 3 aliphatic heterocycles. The van der Waals surface area contributed by atoms with Crippen LogP contribution in [0.15, 0.2) is 30.3 Å². The molecule has 176 valence electrons. The molecule has 4 bridgehead atoms. The van der Waals surface area contributed by atoms with Gasteiger partial charge in [-0.05, 0) is 42.1 Å². The van der Waals surface area contributed by atoms with Crippen molar-refractivity contribution in [2.45, 2.75) is 36.6 Å². The molecule has 10 aliphatic rings. The second-order valence-electron chi connectivity index (χ2n) is 12.9. The highest BCUT2D eigenvalue weighted by Gasteiger charge is 3.06. The summed E-state index contributed by atoms with van der Waals surface area (Å²) in [7, 11) is 0. The van der Waals surface area contributed by atoms with E-state index in [4.69, 9.17) is 23.7 Å². The van der Waals surface area contributed by atoms with Crippen LogP contribution in [0.4, 0.5) is 0 Å². The Hall–Kier alpha value is -1.31. The van der Waals surface area contributed by atoms with Crippen LogP contribution in [-0.4, -0.2) is 50.4 Å². The van der Waals surface area contributed by atoms with Gasteiger partial charge in [-0.25, -0.2) is 0 Å². The van der Waals surface area contributed by atoms with Gasteiger partial charge in [-0.15, -0.1) is 0 Å². The summed E-state index contributed by atoms with van der Waals surface area (Å²) in [5, 5.41) is 0. The molecule has 13 atom stereocenters. The van der Waals surface area contributed by atoms with E-state index in [0.717, 1.165) is 6.42 Å². The predicted molar refractivity (Wildman–Crippen MR) is 114 cm³/mol. The molecule has 1 aromatic carbocycles. The first-order valence-electron chi connectivity index (χ1n) is 13.5. The molecule has 7 saturated carbocycles. The molecule has 1 aromatic rings. The average Bonchev–Trinajstić information content (AvgIpc) is 3.46. The molecule has 6 heteroatoms. The van der Waals surface area contributed by atoms with Gasteiger partial charge in [0.05, 0.1) is 37.9 Å². The third-order valence-corrected chi connectivity index (χ3v) is 13.2. The second kappa shape index (κ2) is 4.95. The van der Waals surface area contributed by atoms with Crippen LogP contribution >= 0.6 is 0 Å². The van der Waals surface area contributed by atoms with Crippen LogP contribution in [0.3, 0.4) is 0 Å². The van der Waals surface area contributed by atoms with Crippen LogP contribution in [0.1, 0.15) is 18.4 Å². The number of carbonyl (C=O) groups is 1. The third kappa shape index (κ3) is 1.27. The molecular weight excluding hydrogens is 432 g/mol. The average molecular weight is 461 g/mol. The number of benzene rings is 1. The maximum Gasteiger partial charge on any atom is 0.179 e. The van der Waals surface area contributed by atoms with Gasteiger partial charge in [-0.1, -0.05) is 30.3 Å². The molecule has 3 saturated heterocycles. The molecule has 6 nitrogen and oxygen atoms in total. The van der Waals surface area contributed by atoms with Gasteiger partial charge < -0.3 is 23.7 Å². The number of hydrogen-bond acceptors (Lipinski definition) is 6. The molecule has 10 fully saturated rings. The van der Waals surface area contributed by atoms with E-state index in [0.29, 0.717) is 61.8 Å². The molecule has 3 spiro atoms. The van der Waals surface area contributed by atoms with E-state index in [1.165, 1.54) is 12.0 Å². The highest BCUT2D eigenvalue weighted by Crippen LogP contribution is 3.01. The maximum atomic E-state index is 14.8. The molecule has 0 radical (unpaired) electrons. The zero-order chi connectivity index (χ0) is 21.8. The summed E-state index contributed by atoms with van der Waals surface area (Å²) in [5.41, 5.74) is 0.233. The Kier molecular flexibility index (Phi) is 2.62. The van der Waals surface area contributed by atoms with E-state index in [1.807, 2.05) is 0 Å². The first kappa shape index (κ1) is 18.0. The zero-order valence-electron chi connectivity index (χ0n) is 18.9. The van der Waals surface area contributed by atoms with Crippen molar-refractivity contribution in [3.63, 3.8) is 0 Å². The van der Waals surface area contributed by atoms with Gasteiger partial charge in [0.25, 0.3) is 0 Å². The molecule has 11 rings (SSSR count). The standard InChI is InChI=1S/C28H28O6/c29-22-17-13-10-14-18(17)28(32-8-9-33-28)27-16-11-15(26(23(16)34-26)12-4-2-1-3-5-12)21(24-30-6-7-31-24)25(22,27)19(13)20(14)27/h1-5,13-21,23-24H,6-11H2/t13?,14?,15-,16-,17?,18?,19?,20?,21+,23+,25?,26-,27?/m1/s1. The number of Topliss-reactive ketones (excluding diaryl/α,β-unsaturated/α-hetero) is 1. The Morgan fingerprint density at radius 2 is 1.59 bits per heavy atom. The lowest BCUT2D eigenvalue weighted by Gasteiger charge is -2.75. The van der Waals surface area contributed by atoms with Gasteiger partial charge in [0.15, 0.2) is 12.1 Å². The van der Waals surface area contributed by atoms with E-state index in [1.54, 1.807) is 0 Å². The number of ether oxygens (including phenoxy) is 5. The summed E-state index contributed by atoms with van der Waals surface area (Å²) in [6, 6.07) is 10.8. The van der Waals surface area contributed by atoms with Crippen molar-refractivity contribution in [2.75, 3.05) is 26.4 Å². The Morgan fingerprint density at radius 3 is 2.38 bits per heavy atom. The Morgan fingerprint density at radius 1 is 0.794 bits per heavy atom. The Labute approximate surface area is 197 Å². The van der Waals surface area contributed by atoms with Crippen molar-refractivity contribution in [1.29, 1.82) is 0 Å². The minimum Gasteiger partial charge on any atom is -0.360 e. The number of fused-ring (bicyclic) bond motifs is 2. The first-order valence-corrected chi connectivity index (χ1v) is 13.5. The van der Waals surface area contributed by atoms with Crippen molar-refractivity contribution >= 4 is 5.78 Å². The molecule has 8 unspecified atom stereocenters. The summed E-state index contributed by atoms with van der Waals surface area (Å²) in [6.45, 7) is 2.52. The quantitative estimate of drug-likeness (QED) is 0.632. The summed E-state index contributed by atoms with van der Waals surface area (Å²) < 4.78 is 33.2. The normalized spacial score (nSPS) is 63.7. The number of rotatable bonds is 2. The van der Waals surface area contributed by atoms with Crippen LogP contribution in [-0.2, 0) is 34.1 Å². The van der Waals surface area contributed by atoms with Crippen LogP contribution in [0, 0.1) is 64.1 Å². The summed E-state index contributed by atoms with van der Waals surface area (Å²) in [4.78, 5) is 14.8.